The maximum Gasteiger partial charge on any atom is 0.247 e. The SMILES string of the molecule is CCC(=O)N1c2ccccc2-c2nnc(SC)nc2O[C@@H]1c1cccnc1. The van der Waals surface area contributed by atoms with Gasteiger partial charge in [0.15, 0.2) is 5.69 Å². The summed E-state index contributed by atoms with van der Waals surface area (Å²) in [4.78, 5) is 23.2. The van der Waals surface area contributed by atoms with Gasteiger partial charge in [0.2, 0.25) is 23.2 Å². The highest BCUT2D eigenvalue weighted by atomic mass is 32.2. The largest absolute Gasteiger partial charge is 0.447 e. The van der Waals surface area contributed by atoms with Crippen LogP contribution in [-0.4, -0.2) is 32.3 Å². The van der Waals surface area contributed by atoms with E-state index < -0.39 is 6.23 Å². The zero-order chi connectivity index (χ0) is 18.8. The summed E-state index contributed by atoms with van der Waals surface area (Å²) in [6.45, 7) is 1.83. The van der Waals surface area contributed by atoms with Crippen LogP contribution in [0, 0.1) is 0 Å². The molecular formula is C19H17N5O2S. The maximum absolute atomic E-state index is 12.9. The minimum Gasteiger partial charge on any atom is -0.447 e. The normalized spacial score (nSPS) is 15.3. The monoisotopic (exact) mass is 379 g/mol. The van der Waals surface area contributed by atoms with Crippen LogP contribution >= 0.6 is 11.8 Å². The molecule has 0 saturated carbocycles. The average Bonchev–Trinajstić information content (AvgIpc) is 2.88. The Bertz CT molecular complexity index is 983. The molecular weight excluding hydrogens is 362 g/mol. The van der Waals surface area contributed by atoms with Crippen LogP contribution in [0.1, 0.15) is 25.1 Å². The lowest BCUT2D eigenvalue weighted by Gasteiger charge is -2.30. The second-order valence-electron chi connectivity index (χ2n) is 5.84. The quantitative estimate of drug-likeness (QED) is 0.644. The van der Waals surface area contributed by atoms with E-state index in [-0.39, 0.29) is 5.91 Å². The maximum atomic E-state index is 12.9. The molecule has 0 N–H and O–H groups in total. The number of amides is 1. The van der Waals surface area contributed by atoms with Crippen LogP contribution in [0.5, 0.6) is 5.88 Å². The molecule has 1 aliphatic rings. The molecule has 7 nitrogen and oxygen atoms in total. The fraction of sp³-hybridized carbons (Fsp3) is 0.211. The number of benzene rings is 1. The van der Waals surface area contributed by atoms with E-state index in [1.807, 2.05) is 49.6 Å². The van der Waals surface area contributed by atoms with Crippen molar-refractivity contribution in [2.45, 2.75) is 24.7 Å². The van der Waals surface area contributed by atoms with Crippen LogP contribution in [0.25, 0.3) is 11.3 Å². The van der Waals surface area contributed by atoms with Gasteiger partial charge in [-0.3, -0.25) is 14.7 Å². The van der Waals surface area contributed by atoms with Crippen molar-refractivity contribution in [3.63, 3.8) is 0 Å². The van der Waals surface area contributed by atoms with Crippen molar-refractivity contribution >= 4 is 23.4 Å². The Kier molecular flexibility index (Phi) is 4.72. The van der Waals surface area contributed by atoms with Gasteiger partial charge in [0, 0.05) is 29.9 Å². The number of pyridine rings is 1. The molecule has 27 heavy (non-hydrogen) atoms. The molecule has 0 spiro atoms. The Morgan fingerprint density at radius 3 is 2.81 bits per heavy atom. The summed E-state index contributed by atoms with van der Waals surface area (Å²) in [6, 6.07) is 11.3. The van der Waals surface area contributed by atoms with Crippen molar-refractivity contribution in [1.82, 2.24) is 20.2 Å². The van der Waals surface area contributed by atoms with E-state index in [1.54, 1.807) is 17.3 Å². The first-order chi connectivity index (χ1) is 13.2. The van der Waals surface area contributed by atoms with Crippen molar-refractivity contribution in [1.29, 1.82) is 0 Å². The van der Waals surface area contributed by atoms with Crippen LogP contribution in [0.2, 0.25) is 0 Å². The van der Waals surface area contributed by atoms with E-state index in [1.165, 1.54) is 11.8 Å². The Hall–Kier alpha value is -3.00. The number of rotatable bonds is 3. The third-order valence-electron chi connectivity index (χ3n) is 4.24. The standard InChI is InChI=1S/C19H17N5O2S/c1-3-15(25)24-14-9-5-4-8-13(14)16-17(21-19(27-2)23-22-16)26-18(24)12-7-6-10-20-11-12/h4-11,18H,3H2,1-2H3/t18-/m1/s1. The van der Waals surface area contributed by atoms with Gasteiger partial charge < -0.3 is 4.74 Å². The van der Waals surface area contributed by atoms with Crippen molar-refractivity contribution in [3.8, 4) is 17.1 Å². The molecule has 0 bridgehead atoms. The highest BCUT2D eigenvalue weighted by molar-refractivity contribution is 7.98. The molecule has 4 rings (SSSR count). The van der Waals surface area contributed by atoms with Gasteiger partial charge in [-0.15, -0.1) is 10.2 Å². The van der Waals surface area contributed by atoms with Crippen molar-refractivity contribution in [2.75, 3.05) is 11.2 Å². The van der Waals surface area contributed by atoms with E-state index in [9.17, 15) is 4.79 Å². The summed E-state index contributed by atoms with van der Waals surface area (Å²) in [7, 11) is 0. The lowest BCUT2D eigenvalue weighted by atomic mass is 10.1. The third kappa shape index (κ3) is 3.12. The number of para-hydroxylation sites is 1. The third-order valence-corrected chi connectivity index (χ3v) is 4.77. The molecule has 1 amide bonds. The minimum atomic E-state index is -0.694. The number of carbonyl (C=O) groups is 1. The van der Waals surface area contributed by atoms with E-state index in [0.29, 0.717) is 28.8 Å². The highest BCUT2D eigenvalue weighted by Crippen LogP contribution is 2.43. The fourth-order valence-electron chi connectivity index (χ4n) is 2.98. The number of anilines is 1. The first kappa shape index (κ1) is 17.4. The van der Waals surface area contributed by atoms with Crippen LogP contribution in [0.3, 0.4) is 0 Å². The number of hydrogen-bond acceptors (Lipinski definition) is 7. The van der Waals surface area contributed by atoms with E-state index in [0.717, 1.165) is 11.1 Å². The highest BCUT2D eigenvalue weighted by Gasteiger charge is 2.35. The molecule has 2 aromatic heterocycles. The Morgan fingerprint density at radius 2 is 2.07 bits per heavy atom. The van der Waals surface area contributed by atoms with E-state index in [4.69, 9.17) is 4.74 Å². The van der Waals surface area contributed by atoms with E-state index >= 15 is 0 Å². The molecule has 3 heterocycles. The first-order valence-corrected chi connectivity index (χ1v) is 9.72. The summed E-state index contributed by atoms with van der Waals surface area (Å²) in [6.07, 6.45) is 4.89. The first-order valence-electron chi connectivity index (χ1n) is 8.49. The number of thioether (sulfide) groups is 1. The second kappa shape index (κ2) is 7.32. The van der Waals surface area contributed by atoms with Gasteiger partial charge >= 0.3 is 0 Å². The smallest absolute Gasteiger partial charge is 0.247 e. The van der Waals surface area contributed by atoms with Gasteiger partial charge in [-0.1, -0.05) is 43.0 Å². The molecule has 0 unspecified atom stereocenters. The molecule has 1 aromatic carbocycles. The molecule has 136 valence electrons. The zero-order valence-electron chi connectivity index (χ0n) is 14.9. The summed E-state index contributed by atoms with van der Waals surface area (Å²) in [5.74, 6) is 0.282. The Labute approximate surface area is 160 Å². The van der Waals surface area contributed by atoms with Crippen LogP contribution < -0.4 is 9.64 Å². The molecule has 0 fully saturated rings. The molecule has 0 saturated heterocycles. The van der Waals surface area contributed by atoms with Crippen molar-refractivity contribution < 1.29 is 9.53 Å². The lowest BCUT2D eigenvalue weighted by Crippen LogP contribution is -2.37. The summed E-state index contributed by atoms with van der Waals surface area (Å²) in [5.41, 5.74) is 2.74. The second-order valence-corrected chi connectivity index (χ2v) is 6.62. The van der Waals surface area contributed by atoms with Crippen LogP contribution in [0.4, 0.5) is 5.69 Å². The number of aromatic nitrogens is 4. The van der Waals surface area contributed by atoms with E-state index in [2.05, 4.69) is 20.2 Å². The number of nitrogens with zero attached hydrogens (tertiary/aromatic N) is 5. The Balaban J connectivity index is 1.98. The summed E-state index contributed by atoms with van der Waals surface area (Å²) < 4.78 is 6.24. The predicted octanol–water partition coefficient (Wildman–Crippen LogP) is 3.49. The van der Waals surface area contributed by atoms with Gasteiger partial charge in [0.1, 0.15) is 0 Å². The number of carbonyl (C=O) groups excluding carboxylic acids is 1. The van der Waals surface area contributed by atoms with Gasteiger partial charge in [0.05, 0.1) is 5.69 Å². The number of fused-ring (bicyclic) bond motifs is 3. The number of hydrogen-bond donors (Lipinski definition) is 0. The molecule has 0 radical (unpaired) electrons. The Morgan fingerprint density at radius 1 is 1.22 bits per heavy atom. The lowest BCUT2D eigenvalue weighted by molar-refractivity contribution is -0.120. The average molecular weight is 379 g/mol. The van der Waals surface area contributed by atoms with Gasteiger partial charge in [-0.2, -0.15) is 4.98 Å². The van der Waals surface area contributed by atoms with Gasteiger partial charge in [0.25, 0.3) is 0 Å². The van der Waals surface area contributed by atoms with Gasteiger partial charge in [-0.25, -0.2) is 0 Å². The molecule has 1 aliphatic heterocycles. The molecule has 1 atom stereocenters. The van der Waals surface area contributed by atoms with Crippen LogP contribution in [-0.2, 0) is 4.79 Å². The molecule has 8 heteroatoms. The predicted molar refractivity (Wildman–Crippen MR) is 102 cm³/mol. The summed E-state index contributed by atoms with van der Waals surface area (Å²) in [5, 5.41) is 8.98. The molecule has 3 aromatic rings. The number of ether oxygens (including phenoxy) is 1. The summed E-state index contributed by atoms with van der Waals surface area (Å²) >= 11 is 1.38. The molecule has 0 aliphatic carbocycles. The minimum absolute atomic E-state index is 0.0674. The van der Waals surface area contributed by atoms with Crippen molar-refractivity contribution in [3.05, 3.63) is 54.4 Å². The van der Waals surface area contributed by atoms with Crippen LogP contribution in [0.15, 0.2) is 53.9 Å². The fourth-order valence-corrected chi connectivity index (χ4v) is 3.28. The van der Waals surface area contributed by atoms with Gasteiger partial charge in [-0.05, 0) is 18.4 Å². The zero-order valence-corrected chi connectivity index (χ0v) is 15.7. The topological polar surface area (TPSA) is 81.1 Å². The van der Waals surface area contributed by atoms with Crippen molar-refractivity contribution in [2.24, 2.45) is 0 Å².